The highest BCUT2D eigenvalue weighted by Crippen LogP contribution is 2.24. The van der Waals surface area contributed by atoms with Gasteiger partial charge in [0.25, 0.3) is 0 Å². The van der Waals surface area contributed by atoms with E-state index in [2.05, 4.69) is 32.6 Å². The van der Waals surface area contributed by atoms with E-state index < -0.39 is 0 Å². The fourth-order valence-corrected chi connectivity index (χ4v) is 2.28. The molecule has 0 N–H and O–H groups in total. The van der Waals surface area contributed by atoms with Crippen molar-refractivity contribution in [2.45, 2.75) is 47.0 Å². The standard InChI is InChI=1S/C13H27N/c1-11(2)5-8-14-9-6-13(7-10-14)12(3)4/h11-13H,5-10H2,1-4H3. The highest BCUT2D eigenvalue weighted by atomic mass is 15.1. The number of hydrogen-bond acceptors (Lipinski definition) is 1. The van der Waals surface area contributed by atoms with Crippen LogP contribution in [0.25, 0.3) is 0 Å². The van der Waals surface area contributed by atoms with E-state index >= 15 is 0 Å². The molecule has 0 spiro atoms. The molecule has 0 radical (unpaired) electrons. The summed E-state index contributed by atoms with van der Waals surface area (Å²) >= 11 is 0. The molecule has 84 valence electrons. The quantitative estimate of drug-likeness (QED) is 0.667. The van der Waals surface area contributed by atoms with Crippen LogP contribution in [0, 0.1) is 17.8 Å². The first-order valence-electron chi connectivity index (χ1n) is 6.32. The van der Waals surface area contributed by atoms with Crippen molar-refractivity contribution < 1.29 is 0 Å². The summed E-state index contributed by atoms with van der Waals surface area (Å²) in [7, 11) is 0. The molecule has 0 aliphatic carbocycles. The third-order valence-corrected chi connectivity index (χ3v) is 3.60. The van der Waals surface area contributed by atoms with Gasteiger partial charge in [0.15, 0.2) is 0 Å². The van der Waals surface area contributed by atoms with Gasteiger partial charge >= 0.3 is 0 Å². The zero-order valence-corrected chi connectivity index (χ0v) is 10.4. The Labute approximate surface area is 89.9 Å². The molecule has 1 heterocycles. The van der Waals surface area contributed by atoms with E-state index in [0.717, 1.165) is 17.8 Å². The van der Waals surface area contributed by atoms with Gasteiger partial charge in [-0.1, -0.05) is 27.7 Å². The Morgan fingerprint density at radius 2 is 1.64 bits per heavy atom. The van der Waals surface area contributed by atoms with Crippen molar-refractivity contribution >= 4 is 0 Å². The lowest BCUT2D eigenvalue weighted by Crippen LogP contribution is -2.36. The van der Waals surface area contributed by atoms with Crippen LogP contribution >= 0.6 is 0 Å². The lowest BCUT2D eigenvalue weighted by Gasteiger charge is -2.34. The van der Waals surface area contributed by atoms with E-state index in [4.69, 9.17) is 0 Å². The van der Waals surface area contributed by atoms with Crippen molar-refractivity contribution in [3.05, 3.63) is 0 Å². The van der Waals surface area contributed by atoms with E-state index in [-0.39, 0.29) is 0 Å². The van der Waals surface area contributed by atoms with E-state index in [0.29, 0.717) is 0 Å². The van der Waals surface area contributed by atoms with Gasteiger partial charge in [-0.15, -0.1) is 0 Å². The number of likely N-dealkylation sites (tertiary alicyclic amines) is 1. The molecule has 0 bridgehead atoms. The largest absolute Gasteiger partial charge is 0.303 e. The van der Waals surface area contributed by atoms with Crippen LogP contribution in [0.2, 0.25) is 0 Å². The van der Waals surface area contributed by atoms with Crippen molar-refractivity contribution in [3.8, 4) is 0 Å². The minimum absolute atomic E-state index is 0.859. The molecule has 0 saturated carbocycles. The fourth-order valence-electron chi connectivity index (χ4n) is 2.28. The van der Waals surface area contributed by atoms with Gasteiger partial charge in [0, 0.05) is 0 Å². The first-order chi connectivity index (χ1) is 6.59. The second kappa shape index (κ2) is 5.75. The van der Waals surface area contributed by atoms with Gasteiger partial charge in [0.1, 0.15) is 0 Å². The minimum atomic E-state index is 0.859. The molecular formula is C13H27N. The molecule has 0 amide bonds. The second-order valence-corrected chi connectivity index (χ2v) is 5.61. The maximum absolute atomic E-state index is 2.65. The predicted molar refractivity (Wildman–Crippen MR) is 63.5 cm³/mol. The normalized spacial score (nSPS) is 21.0. The topological polar surface area (TPSA) is 3.24 Å². The van der Waals surface area contributed by atoms with Gasteiger partial charge in [-0.2, -0.15) is 0 Å². The molecule has 1 heteroatoms. The number of rotatable bonds is 4. The van der Waals surface area contributed by atoms with Crippen LogP contribution < -0.4 is 0 Å². The molecule has 0 aromatic heterocycles. The highest BCUT2D eigenvalue weighted by molar-refractivity contribution is 4.74. The maximum Gasteiger partial charge on any atom is -0.00160 e. The van der Waals surface area contributed by atoms with Crippen molar-refractivity contribution in [3.63, 3.8) is 0 Å². The number of piperidine rings is 1. The molecule has 1 aliphatic rings. The van der Waals surface area contributed by atoms with Crippen LogP contribution in [0.15, 0.2) is 0 Å². The van der Waals surface area contributed by atoms with Crippen molar-refractivity contribution in [2.24, 2.45) is 17.8 Å². The van der Waals surface area contributed by atoms with Gasteiger partial charge in [0.05, 0.1) is 0 Å². The van der Waals surface area contributed by atoms with Crippen molar-refractivity contribution in [1.29, 1.82) is 0 Å². The second-order valence-electron chi connectivity index (χ2n) is 5.61. The van der Waals surface area contributed by atoms with Crippen LogP contribution in [0.4, 0.5) is 0 Å². The van der Waals surface area contributed by atoms with Gasteiger partial charge in [-0.3, -0.25) is 0 Å². The molecule has 1 saturated heterocycles. The summed E-state index contributed by atoms with van der Waals surface area (Å²) in [5.74, 6) is 2.74. The zero-order valence-electron chi connectivity index (χ0n) is 10.4. The smallest absolute Gasteiger partial charge is 0.00160 e. The molecule has 1 aliphatic heterocycles. The molecule has 0 atom stereocenters. The average molecular weight is 197 g/mol. The van der Waals surface area contributed by atoms with Gasteiger partial charge < -0.3 is 4.90 Å². The maximum atomic E-state index is 2.65. The predicted octanol–water partition coefficient (Wildman–Crippen LogP) is 3.40. The van der Waals surface area contributed by atoms with E-state index in [1.165, 1.54) is 38.9 Å². The molecule has 0 aromatic rings. The highest BCUT2D eigenvalue weighted by Gasteiger charge is 2.20. The van der Waals surface area contributed by atoms with Crippen LogP contribution in [0.1, 0.15) is 47.0 Å². The Morgan fingerprint density at radius 3 is 2.07 bits per heavy atom. The minimum Gasteiger partial charge on any atom is -0.303 e. The van der Waals surface area contributed by atoms with Gasteiger partial charge in [-0.25, -0.2) is 0 Å². The Morgan fingerprint density at radius 1 is 1.07 bits per heavy atom. The summed E-state index contributed by atoms with van der Waals surface area (Å²) < 4.78 is 0. The molecule has 14 heavy (non-hydrogen) atoms. The first kappa shape index (κ1) is 12.0. The monoisotopic (exact) mass is 197 g/mol. The number of hydrogen-bond donors (Lipinski definition) is 0. The molecule has 0 unspecified atom stereocenters. The van der Waals surface area contributed by atoms with Crippen LogP contribution in [-0.2, 0) is 0 Å². The Hall–Kier alpha value is -0.0400. The van der Waals surface area contributed by atoms with Crippen LogP contribution in [0.5, 0.6) is 0 Å². The number of nitrogens with zero attached hydrogens (tertiary/aromatic N) is 1. The summed E-state index contributed by atoms with van der Waals surface area (Å²) in [6.07, 6.45) is 4.22. The average Bonchev–Trinajstić information content (AvgIpc) is 2.15. The summed E-state index contributed by atoms with van der Waals surface area (Å²) in [6.45, 7) is 13.4. The molecule has 0 aromatic carbocycles. The Balaban J connectivity index is 2.16. The van der Waals surface area contributed by atoms with Crippen LogP contribution in [0.3, 0.4) is 0 Å². The first-order valence-corrected chi connectivity index (χ1v) is 6.32. The molecule has 1 nitrogen and oxygen atoms in total. The van der Waals surface area contributed by atoms with Crippen molar-refractivity contribution in [2.75, 3.05) is 19.6 Å². The molecule has 1 rings (SSSR count). The third kappa shape index (κ3) is 4.00. The zero-order chi connectivity index (χ0) is 10.6. The van der Waals surface area contributed by atoms with E-state index in [1.54, 1.807) is 0 Å². The lowest BCUT2D eigenvalue weighted by atomic mass is 9.86. The Kier molecular flexibility index (Phi) is 4.94. The van der Waals surface area contributed by atoms with E-state index in [9.17, 15) is 0 Å². The SMILES string of the molecule is CC(C)CCN1CCC(C(C)C)CC1. The van der Waals surface area contributed by atoms with Crippen molar-refractivity contribution in [1.82, 2.24) is 4.90 Å². The lowest BCUT2D eigenvalue weighted by molar-refractivity contribution is 0.152. The van der Waals surface area contributed by atoms with Gasteiger partial charge in [-0.05, 0) is 56.7 Å². The summed E-state index contributed by atoms with van der Waals surface area (Å²) in [6, 6.07) is 0. The van der Waals surface area contributed by atoms with Gasteiger partial charge in [0.2, 0.25) is 0 Å². The Bertz CT molecular complexity index is 143. The molecule has 1 fully saturated rings. The van der Waals surface area contributed by atoms with E-state index in [1.807, 2.05) is 0 Å². The summed E-state index contributed by atoms with van der Waals surface area (Å²) in [4.78, 5) is 2.65. The third-order valence-electron chi connectivity index (χ3n) is 3.60. The molecular weight excluding hydrogens is 170 g/mol. The summed E-state index contributed by atoms with van der Waals surface area (Å²) in [5.41, 5.74) is 0. The summed E-state index contributed by atoms with van der Waals surface area (Å²) in [5, 5.41) is 0. The van der Waals surface area contributed by atoms with Crippen LogP contribution in [-0.4, -0.2) is 24.5 Å². The fraction of sp³-hybridized carbons (Fsp3) is 1.00.